The summed E-state index contributed by atoms with van der Waals surface area (Å²) >= 11 is 0. The minimum Gasteiger partial charge on any atom is -0.482 e. The molecule has 1 saturated carbocycles. The first-order chi connectivity index (χ1) is 9.61. The van der Waals surface area contributed by atoms with E-state index in [1.54, 1.807) is 12.1 Å². The van der Waals surface area contributed by atoms with Gasteiger partial charge in [-0.2, -0.15) is 0 Å². The molecule has 1 aromatic carbocycles. The average molecular weight is 275 g/mol. The van der Waals surface area contributed by atoms with Crippen LogP contribution in [0.5, 0.6) is 5.75 Å². The van der Waals surface area contributed by atoms with Crippen LogP contribution < -0.4 is 21.1 Å². The quantitative estimate of drug-likeness (QED) is 0.733. The molecule has 1 heterocycles. The smallest absolute Gasteiger partial charge is 0.262 e. The van der Waals surface area contributed by atoms with E-state index < -0.39 is 0 Å². The number of fused-ring (bicyclic) bond motifs is 1. The van der Waals surface area contributed by atoms with Gasteiger partial charge in [0.05, 0.1) is 12.1 Å². The van der Waals surface area contributed by atoms with E-state index in [0.717, 1.165) is 18.4 Å². The van der Waals surface area contributed by atoms with Gasteiger partial charge in [-0.05, 0) is 30.5 Å². The molecule has 1 aromatic rings. The second-order valence-corrected chi connectivity index (χ2v) is 5.26. The summed E-state index contributed by atoms with van der Waals surface area (Å²) in [5, 5.41) is 5.65. The van der Waals surface area contributed by atoms with Gasteiger partial charge in [-0.3, -0.25) is 9.59 Å². The number of rotatable bonds is 3. The minimum atomic E-state index is -0.181. The van der Waals surface area contributed by atoms with E-state index in [9.17, 15) is 9.59 Å². The molecule has 0 unspecified atom stereocenters. The van der Waals surface area contributed by atoms with Crippen molar-refractivity contribution in [3.8, 4) is 5.75 Å². The molecule has 0 saturated heterocycles. The highest BCUT2D eigenvalue weighted by atomic mass is 16.5. The van der Waals surface area contributed by atoms with Crippen molar-refractivity contribution >= 4 is 17.5 Å². The molecule has 2 amide bonds. The van der Waals surface area contributed by atoms with E-state index in [4.69, 9.17) is 10.5 Å². The Hall–Kier alpha value is -2.08. The van der Waals surface area contributed by atoms with Gasteiger partial charge in [0.1, 0.15) is 5.75 Å². The standard InChI is InChI=1S/C14H17N3O3/c15-9-2-3-10(9)16-13(18)6-8-1-4-12-11(5-8)17-14(19)7-20-12/h1,4-5,9-10H,2-3,6-7,15H2,(H,16,18)(H,17,19)/t9-,10+/m1/s1. The average Bonchev–Trinajstić information content (AvgIpc) is 2.43. The van der Waals surface area contributed by atoms with Gasteiger partial charge in [0.2, 0.25) is 5.91 Å². The van der Waals surface area contributed by atoms with Crippen molar-refractivity contribution in [3.05, 3.63) is 23.8 Å². The second kappa shape index (κ2) is 5.13. The number of nitrogens with two attached hydrogens (primary N) is 1. The molecule has 20 heavy (non-hydrogen) atoms. The Balaban J connectivity index is 1.64. The van der Waals surface area contributed by atoms with Crippen LogP contribution in [0.25, 0.3) is 0 Å². The van der Waals surface area contributed by atoms with E-state index in [1.165, 1.54) is 0 Å². The molecule has 0 spiro atoms. The first kappa shape index (κ1) is 12.9. The number of amides is 2. The summed E-state index contributed by atoms with van der Waals surface area (Å²) in [4.78, 5) is 23.2. The van der Waals surface area contributed by atoms with Gasteiger partial charge < -0.3 is 21.1 Å². The molecule has 0 radical (unpaired) electrons. The first-order valence-corrected chi connectivity index (χ1v) is 6.72. The Bertz CT molecular complexity index is 559. The largest absolute Gasteiger partial charge is 0.482 e. The topological polar surface area (TPSA) is 93.5 Å². The molecule has 1 fully saturated rings. The highest BCUT2D eigenvalue weighted by Crippen LogP contribution is 2.28. The second-order valence-electron chi connectivity index (χ2n) is 5.26. The number of carbonyl (C=O) groups excluding carboxylic acids is 2. The highest BCUT2D eigenvalue weighted by molar-refractivity contribution is 5.95. The van der Waals surface area contributed by atoms with Crippen molar-refractivity contribution < 1.29 is 14.3 Å². The Morgan fingerprint density at radius 2 is 2.30 bits per heavy atom. The van der Waals surface area contributed by atoms with Crippen molar-refractivity contribution in [3.63, 3.8) is 0 Å². The SMILES string of the molecule is N[C@@H]1CC[C@@H]1NC(=O)Cc1ccc2c(c1)NC(=O)CO2. The monoisotopic (exact) mass is 275 g/mol. The van der Waals surface area contributed by atoms with Crippen LogP contribution in [-0.2, 0) is 16.0 Å². The van der Waals surface area contributed by atoms with Gasteiger partial charge in [-0.1, -0.05) is 6.07 Å². The Morgan fingerprint density at radius 1 is 1.45 bits per heavy atom. The number of hydrogen-bond donors (Lipinski definition) is 3. The van der Waals surface area contributed by atoms with Crippen LogP contribution in [0.4, 0.5) is 5.69 Å². The summed E-state index contributed by atoms with van der Waals surface area (Å²) in [6.45, 7) is 0.0341. The maximum absolute atomic E-state index is 11.9. The third kappa shape index (κ3) is 2.60. The maximum Gasteiger partial charge on any atom is 0.262 e. The predicted molar refractivity (Wildman–Crippen MR) is 73.4 cm³/mol. The molecule has 3 rings (SSSR count). The lowest BCUT2D eigenvalue weighted by molar-refractivity contribution is -0.122. The van der Waals surface area contributed by atoms with Crippen LogP contribution in [-0.4, -0.2) is 30.5 Å². The van der Waals surface area contributed by atoms with Gasteiger partial charge in [0, 0.05) is 12.1 Å². The van der Waals surface area contributed by atoms with Gasteiger partial charge in [-0.25, -0.2) is 0 Å². The normalized spacial score (nSPS) is 23.9. The predicted octanol–water partition coefficient (Wildman–Crippen LogP) is 0.166. The van der Waals surface area contributed by atoms with Crippen molar-refractivity contribution in [1.82, 2.24) is 5.32 Å². The van der Waals surface area contributed by atoms with E-state index in [-0.39, 0.29) is 36.9 Å². The van der Waals surface area contributed by atoms with Gasteiger partial charge in [-0.15, -0.1) is 0 Å². The number of benzene rings is 1. The van der Waals surface area contributed by atoms with Crippen LogP contribution in [0.1, 0.15) is 18.4 Å². The number of carbonyl (C=O) groups is 2. The molecule has 0 bridgehead atoms. The van der Waals surface area contributed by atoms with Crippen LogP contribution >= 0.6 is 0 Å². The van der Waals surface area contributed by atoms with Gasteiger partial charge >= 0.3 is 0 Å². The van der Waals surface area contributed by atoms with Crippen molar-refractivity contribution in [2.75, 3.05) is 11.9 Å². The number of hydrogen-bond acceptors (Lipinski definition) is 4. The van der Waals surface area contributed by atoms with Gasteiger partial charge in [0.25, 0.3) is 5.91 Å². The fraction of sp³-hybridized carbons (Fsp3) is 0.429. The zero-order valence-electron chi connectivity index (χ0n) is 11.0. The van der Waals surface area contributed by atoms with Crippen LogP contribution in [0, 0.1) is 0 Å². The fourth-order valence-electron chi connectivity index (χ4n) is 2.39. The zero-order valence-corrected chi connectivity index (χ0v) is 11.0. The van der Waals surface area contributed by atoms with E-state index >= 15 is 0 Å². The molecule has 1 aliphatic carbocycles. The molecule has 6 nitrogen and oxygen atoms in total. The van der Waals surface area contributed by atoms with E-state index in [0.29, 0.717) is 11.4 Å². The lowest BCUT2D eigenvalue weighted by Gasteiger charge is -2.34. The first-order valence-electron chi connectivity index (χ1n) is 6.72. The van der Waals surface area contributed by atoms with Crippen LogP contribution in [0.15, 0.2) is 18.2 Å². The van der Waals surface area contributed by atoms with Crippen LogP contribution in [0.2, 0.25) is 0 Å². The molecule has 0 aromatic heterocycles. The summed E-state index contributed by atoms with van der Waals surface area (Å²) in [6.07, 6.45) is 2.18. The summed E-state index contributed by atoms with van der Waals surface area (Å²) < 4.78 is 5.27. The molecule has 4 N–H and O–H groups in total. The summed E-state index contributed by atoms with van der Waals surface area (Å²) in [7, 11) is 0. The molecule has 2 aliphatic rings. The molecule has 2 atom stereocenters. The van der Waals surface area contributed by atoms with Gasteiger partial charge in [0.15, 0.2) is 6.61 Å². The molecular formula is C14H17N3O3. The Morgan fingerprint density at radius 3 is 3.00 bits per heavy atom. The van der Waals surface area contributed by atoms with Crippen molar-refractivity contribution in [2.45, 2.75) is 31.3 Å². The Kier molecular flexibility index (Phi) is 3.31. The zero-order chi connectivity index (χ0) is 14.1. The number of ether oxygens (including phenoxy) is 1. The molecule has 1 aliphatic heterocycles. The number of anilines is 1. The number of nitrogens with one attached hydrogen (secondary N) is 2. The lowest BCUT2D eigenvalue weighted by atomic mass is 9.87. The Labute approximate surface area is 116 Å². The fourth-order valence-corrected chi connectivity index (χ4v) is 2.39. The molecule has 106 valence electrons. The lowest BCUT2D eigenvalue weighted by Crippen LogP contribution is -2.54. The summed E-state index contributed by atoms with van der Waals surface area (Å²) in [5.74, 6) is 0.405. The third-order valence-corrected chi connectivity index (χ3v) is 3.72. The summed E-state index contributed by atoms with van der Waals surface area (Å²) in [6, 6.07) is 5.55. The van der Waals surface area contributed by atoms with Crippen LogP contribution in [0.3, 0.4) is 0 Å². The highest BCUT2D eigenvalue weighted by Gasteiger charge is 2.28. The van der Waals surface area contributed by atoms with Crippen molar-refractivity contribution in [2.24, 2.45) is 5.73 Å². The van der Waals surface area contributed by atoms with Crippen molar-refractivity contribution in [1.29, 1.82) is 0 Å². The minimum absolute atomic E-state index is 0.0341. The maximum atomic E-state index is 11.9. The van der Waals surface area contributed by atoms with E-state index in [2.05, 4.69) is 10.6 Å². The summed E-state index contributed by atoms with van der Waals surface area (Å²) in [5.41, 5.74) is 7.24. The third-order valence-electron chi connectivity index (χ3n) is 3.72. The molecule has 6 heteroatoms. The van der Waals surface area contributed by atoms with E-state index in [1.807, 2.05) is 6.07 Å². The molecular weight excluding hydrogens is 258 g/mol.